The topological polar surface area (TPSA) is 70.7 Å². The van der Waals surface area contributed by atoms with Crippen molar-refractivity contribution in [3.63, 3.8) is 0 Å². The highest BCUT2D eigenvalue weighted by Crippen LogP contribution is 2.23. The van der Waals surface area contributed by atoms with E-state index in [0.717, 1.165) is 11.3 Å². The third-order valence-electron chi connectivity index (χ3n) is 4.15. The predicted molar refractivity (Wildman–Crippen MR) is 109 cm³/mol. The summed E-state index contributed by atoms with van der Waals surface area (Å²) in [5, 5.41) is 6.03. The van der Waals surface area contributed by atoms with E-state index in [1.165, 1.54) is 0 Å². The number of amides is 2. The summed E-state index contributed by atoms with van der Waals surface area (Å²) in [6, 6.07) is 7.64. The molecule has 0 aliphatic rings. The minimum absolute atomic E-state index is 0.0762. The Bertz CT molecular complexity index is 606. The van der Waals surface area contributed by atoms with Crippen molar-refractivity contribution in [3.05, 3.63) is 29.8 Å². The molecule has 6 nitrogen and oxygen atoms in total. The van der Waals surface area contributed by atoms with Crippen LogP contribution in [-0.4, -0.2) is 49.0 Å². The van der Waals surface area contributed by atoms with Crippen LogP contribution < -0.4 is 15.4 Å². The fraction of sp³-hybridized carbons (Fsp3) is 0.619. The second kappa shape index (κ2) is 10.3. The summed E-state index contributed by atoms with van der Waals surface area (Å²) < 4.78 is 5.20. The number of carbonyl (C=O) groups is 2. The van der Waals surface area contributed by atoms with Crippen LogP contribution in [-0.2, 0) is 9.59 Å². The summed E-state index contributed by atoms with van der Waals surface area (Å²) >= 11 is 0. The zero-order valence-electron chi connectivity index (χ0n) is 17.8. The van der Waals surface area contributed by atoms with E-state index in [0.29, 0.717) is 6.54 Å². The van der Waals surface area contributed by atoms with E-state index in [1.807, 2.05) is 56.9 Å². The molecule has 0 saturated carbocycles. The summed E-state index contributed by atoms with van der Waals surface area (Å²) in [6.07, 6.45) is 0. The van der Waals surface area contributed by atoms with Crippen molar-refractivity contribution in [2.45, 2.75) is 53.1 Å². The Morgan fingerprint density at radius 1 is 1.07 bits per heavy atom. The summed E-state index contributed by atoms with van der Waals surface area (Å²) in [5.74, 6) is 0.860. The molecule has 0 bridgehead atoms. The molecule has 0 spiro atoms. The Labute approximate surface area is 163 Å². The number of ether oxygens (including phenoxy) is 1. The zero-order valence-corrected chi connectivity index (χ0v) is 17.8. The molecule has 2 amide bonds. The first-order valence-electron chi connectivity index (χ1n) is 9.52. The third kappa shape index (κ3) is 8.43. The lowest BCUT2D eigenvalue weighted by Gasteiger charge is -2.27. The van der Waals surface area contributed by atoms with E-state index >= 15 is 0 Å². The second-order valence-electron chi connectivity index (χ2n) is 8.16. The van der Waals surface area contributed by atoms with E-state index in [9.17, 15) is 9.59 Å². The molecule has 0 heterocycles. The molecule has 6 heteroatoms. The number of benzene rings is 1. The summed E-state index contributed by atoms with van der Waals surface area (Å²) in [4.78, 5) is 26.5. The van der Waals surface area contributed by atoms with Gasteiger partial charge in [-0.05, 0) is 50.9 Å². The minimum atomic E-state index is -0.282. The van der Waals surface area contributed by atoms with Gasteiger partial charge in [0.1, 0.15) is 5.75 Å². The number of nitrogens with one attached hydrogen (secondary N) is 2. The lowest BCUT2D eigenvalue weighted by Crippen LogP contribution is -2.48. The molecule has 0 aromatic heterocycles. The Morgan fingerprint density at radius 2 is 1.63 bits per heavy atom. The smallest absolute Gasteiger partial charge is 0.234 e. The highest BCUT2D eigenvalue weighted by molar-refractivity contribution is 5.81. The van der Waals surface area contributed by atoms with Gasteiger partial charge in [0.05, 0.1) is 26.2 Å². The molecule has 0 aliphatic carbocycles. The van der Waals surface area contributed by atoms with Crippen LogP contribution in [0.2, 0.25) is 0 Å². The first-order valence-corrected chi connectivity index (χ1v) is 9.52. The maximum absolute atomic E-state index is 12.6. The van der Waals surface area contributed by atoms with E-state index in [1.54, 1.807) is 7.11 Å². The fourth-order valence-electron chi connectivity index (χ4n) is 2.81. The lowest BCUT2D eigenvalue weighted by molar-refractivity contribution is -0.126. The number of carbonyl (C=O) groups excluding carboxylic acids is 2. The standard InChI is InChI=1S/C21H35N3O3/c1-8-24(14-19(26)23-21(4,5)6)13-18(25)22-20(15(2)3)16-9-11-17(27-7)12-10-16/h9-12,15,20H,8,13-14H2,1-7H3,(H,22,25)(H,23,26). The molecule has 0 radical (unpaired) electrons. The van der Waals surface area contributed by atoms with Crippen molar-refractivity contribution in [3.8, 4) is 5.75 Å². The Morgan fingerprint density at radius 3 is 2.07 bits per heavy atom. The van der Waals surface area contributed by atoms with Crippen molar-refractivity contribution in [1.82, 2.24) is 15.5 Å². The van der Waals surface area contributed by atoms with Crippen LogP contribution in [0.3, 0.4) is 0 Å². The summed E-state index contributed by atoms with van der Waals surface area (Å²) in [7, 11) is 1.63. The van der Waals surface area contributed by atoms with Gasteiger partial charge < -0.3 is 15.4 Å². The zero-order chi connectivity index (χ0) is 20.6. The Hall–Kier alpha value is -2.08. The molecular weight excluding hydrogens is 342 g/mol. The normalized spacial score (nSPS) is 12.8. The molecule has 1 unspecified atom stereocenters. The van der Waals surface area contributed by atoms with Crippen molar-refractivity contribution in [1.29, 1.82) is 0 Å². The van der Waals surface area contributed by atoms with Gasteiger partial charge in [-0.1, -0.05) is 32.9 Å². The van der Waals surface area contributed by atoms with Crippen molar-refractivity contribution in [2.24, 2.45) is 5.92 Å². The van der Waals surface area contributed by atoms with Gasteiger partial charge in [0.25, 0.3) is 0 Å². The molecule has 1 aromatic carbocycles. The van der Waals surface area contributed by atoms with Gasteiger partial charge >= 0.3 is 0 Å². The molecule has 152 valence electrons. The first-order chi connectivity index (χ1) is 12.6. The SMILES string of the molecule is CCN(CC(=O)NC(c1ccc(OC)cc1)C(C)C)CC(=O)NC(C)(C)C. The maximum atomic E-state index is 12.6. The molecule has 0 aliphatic heterocycles. The van der Waals surface area contributed by atoms with Crippen molar-refractivity contribution < 1.29 is 14.3 Å². The van der Waals surface area contributed by atoms with Gasteiger partial charge in [-0.3, -0.25) is 14.5 Å². The highest BCUT2D eigenvalue weighted by Gasteiger charge is 2.21. The lowest BCUT2D eigenvalue weighted by atomic mass is 9.96. The molecule has 1 atom stereocenters. The minimum Gasteiger partial charge on any atom is -0.497 e. The van der Waals surface area contributed by atoms with Crippen molar-refractivity contribution >= 4 is 11.8 Å². The average molecular weight is 378 g/mol. The monoisotopic (exact) mass is 377 g/mol. The largest absolute Gasteiger partial charge is 0.497 e. The number of hydrogen-bond acceptors (Lipinski definition) is 4. The number of likely N-dealkylation sites (N-methyl/N-ethyl adjacent to an activating group) is 1. The fourth-order valence-corrected chi connectivity index (χ4v) is 2.81. The van der Waals surface area contributed by atoms with Crippen molar-refractivity contribution in [2.75, 3.05) is 26.7 Å². The second-order valence-corrected chi connectivity index (χ2v) is 8.16. The maximum Gasteiger partial charge on any atom is 0.234 e. The molecule has 27 heavy (non-hydrogen) atoms. The van der Waals surface area contributed by atoms with Crippen LogP contribution in [0.1, 0.15) is 53.1 Å². The Kier molecular flexibility index (Phi) is 8.76. The summed E-state index contributed by atoms with van der Waals surface area (Å²) in [5.41, 5.74) is 0.753. The van der Waals surface area contributed by atoms with Gasteiger partial charge in [0.2, 0.25) is 11.8 Å². The molecule has 2 N–H and O–H groups in total. The van der Waals surface area contributed by atoms with Crippen LogP contribution in [0.5, 0.6) is 5.75 Å². The number of nitrogens with zero attached hydrogens (tertiary/aromatic N) is 1. The van der Waals surface area contributed by atoms with Crippen LogP contribution in [0, 0.1) is 5.92 Å². The van der Waals surface area contributed by atoms with E-state index in [2.05, 4.69) is 24.5 Å². The van der Waals surface area contributed by atoms with Gasteiger partial charge in [-0.2, -0.15) is 0 Å². The highest BCUT2D eigenvalue weighted by atomic mass is 16.5. The van der Waals surface area contributed by atoms with Crippen LogP contribution in [0.4, 0.5) is 0 Å². The molecule has 1 aromatic rings. The van der Waals surface area contributed by atoms with Crippen LogP contribution in [0.25, 0.3) is 0 Å². The van der Waals surface area contributed by atoms with E-state index in [-0.39, 0.29) is 42.4 Å². The van der Waals surface area contributed by atoms with Gasteiger partial charge in [-0.15, -0.1) is 0 Å². The molecule has 0 saturated heterocycles. The quantitative estimate of drug-likeness (QED) is 0.694. The third-order valence-corrected chi connectivity index (χ3v) is 4.15. The van der Waals surface area contributed by atoms with E-state index < -0.39 is 0 Å². The van der Waals surface area contributed by atoms with E-state index in [4.69, 9.17) is 4.74 Å². The summed E-state index contributed by atoms with van der Waals surface area (Å²) in [6.45, 7) is 12.9. The predicted octanol–water partition coefficient (Wildman–Crippen LogP) is 2.75. The number of rotatable bonds is 9. The number of methoxy groups -OCH3 is 1. The van der Waals surface area contributed by atoms with Crippen LogP contribution in [0.15, 0.2) is 24.3 Å². The molecular formula is C21H35N3O3. The van der Waals surface area contributed by atoms with Gasteiger partial charge in [0.15, 0.2) is 0 Å². The number of hydrogen-bond donors (Lipinski definition) is 2. The Balaban J connectivity index is 2.70. The first kappa shape index (κ1) is 23.0. The molecule has 0 fully saturated rings. The van der Waals surface area contributed by atoms with Crippen LogP contribution >= 0.6 is 0 Å². The van der Waals surface area contributed by atoms with Gasteiger partial charge in [-0.25, -0.2) is 0 Å². The van der Waals surface area contributed by atoms with Gasteiger partial charge in [0, 0.05) is 5.54 Å². The average Bonchev–Trinajstić information content (AvgIpc) is 2.57. The molecule has 1 rings (SSSR count).